The fourth-order valence-electron chi connectivity index (χ4n) is 4.46. The number of hydrogen-bond donors (Lipinski definition) is 2. The number of pyridine rings is 1. The van der Waals surface area contributed by atoms with Gasteiger partial charge in [0, 0.05) is 36.3 Å². The van der Waals surface area contributed by atoms with Gasteiger partial charge >= 0.3 is 0 Å². The molecule has 0 bridgehead atoms. The van der Waals surface area contributed by atoms with Gasteiger partial charge in [0.05, 0.1) is 29.3 Å². The van der Waals surface area contributed by atoms with E-state index in [0.29, 0.717) is 22.3 Å². The number of carbonyl (C=O) groups excluding carboxylic acids is 1. The zero-order valence-electron chi connectivity index (χ0n) is 26.0. The van der Waals surface area contributed by atoms with Crippen molar-refractivity contribution in [2.75, 3.05) is 49.1 Å². The van der Waals surface area contributed by atoms with E-state index in [0.717, 1.165) is 41.8 Å². The second kappa shape index (κ2) is 14.2. The summed E-state index contributed by atoms with van der Waals surface area (Å²) in [5.41, 5.74) is 2.54. The maximum atomic E-state index is 12.9. The van der Waals surface area contributed by atoms with Crippen molar-refractivity contribution in [3.8, 4) is 17.1 Å². The van der Waals surface area contributed by atoms with E-state index in [1.807, 2.05) is 74.9 Å². The lowest BCUT2D eigenvalue weighted by Gasteiger charge is -2.24. The van der Waals surface area contributed by atoms with Crippen LogP contribution in [0.5, 0.6) is 5.88 Å². The summed E-state index contributed by atoms with van der Waals surface area (Å²) >= 11 is 6.59. The van der Waals surface area contributed by atoms with E-state index >= 15 is 0 Å². The van der Waals surface area contributed by atoms with Gasteiger partial charge in [-0.2, -0.15) is 18.5 Å². The Morgan fingerprint density at radius 3 is 2.62 bits per heavy atom. The monoisotopic (exact) mass is 656 g/mol. The second-order valence-electron chi connectivity index (χ2n) is 10.8. The van der Waals surface area contributed by atoms with Crippen molar-refractivity contribution in [1.29, 1.82) is 0 Å². The highest BCUT2D eigenvalue weighted by molar-refractivity contribution is 7.86. The molecule has 0 fully saturated rings. The maximum Gasteiger partial charge on any atom is 0.285 e. The largest absolute Gasteiger partial charge is 0.473 e. The molecule has 0 aliphatic rings. The Labute approximate surface area is 267 Å². The van der Waals surface area contributed by atoms with Gasteiger partial charge in [-0.1, -0.05) is 36.4 Å². The number of nitrogens with one attached hydrogen (secondary N) is 2. The van der Waals surface area contributed by atoms with Crippen LogP contribution in [0.3, 0.4) is 0 Å². The van der Waals surface area contributed by atoms with Crippen molar-refractivity contribution < 1.29 is 22.2 Å². The number of halogens is 1. The molecule has 3 heterocycles. The number of para-hydroxylation sites is 1. The molecule has 0 radical (unpaired) electrons. The standard InChI is InChI=1S/C30H37ClN8O5S/c1-8-26(40)39(44-45(7,41)42)25-16-23(29(43-19(2)3)36-28(25)32-14-11-15-37(4)5)34-30-33-17-22(31)27(35-30)21-18-38(6)24-13-10-9-12-20(21)24/h8-10,12-13,16-19H,1,11,14-15H2,2-7H3,(H,32,36)(H,33,34,35). The van der Waals surface area contributed by atoms with Crippen molar-refractivity contribution in [1.82, 2.24) is 24.4 Å². The summed E-state index contributed by atoms with van der Waals surface area (Å²) in [6.07, 6.45) is 5.62. The molecule has 240 valence electrons. The molecular weight excluding hydrogens is 620 g/mol. The number of benzene rings is 1. The number of hydroxylamine groups is 1. The van der Waals surface area contributed by atoms with Gasteiger partial charge in [-0.25, -0.2) is 9.97 Å². The van der Waals surface area contributed by atoms with E-state index in [2.05, 4.69) is 27.2 Å². The normalized spacial score (nSPS) is 11.7. The van der Waals surface area contributed by atoms with Gasteiger partial charge < -0.3 is 24.8 Å². The summed E-state index contributed by atoms with van der Waals surface area (Å²) in [6.45, 7) is 8.39. The molecule has 0 saturated carbocycles. The number of anilines is 4. The molecule has 13 nitrogen and oxygen atoms in total. The summed E-state index contributed by atoms with van der Waals surface area (Å²) in [4.78, 5) is 28.6. The molecule has 0 unspecified atom stereocenters. The lowest BCUT2D eigenvalue weighted by atomic mass is 10.1. The van der Waals surface area contributed by atoms with Crippen molar-refractivity contribution in [3.05, 3.63) is 60.4 Å². The molecule has 15 heteroatoms. The first-order valence-corrected chi connectivity index (χ1v) is 16.3. The number of rotatable bonds is 14. The summed E-state index contributed by atoms with van der Waals surface area (Å²) in [5, 5.41) is 8.20. The molecule has 2 N–H and O–H groups in total. The van der Waals surface area contributed by atoms with E-state index in [-0.39, 0.29) is 35.1 Å². The molecular formula is C30H37ClN8O5S. The second-order valence-corrected chi connectivity index (χ2v) is 12.7. The first-order chi connectivity index (χ1) is 21.3. The number of carbonyl (C=O) groups is 1. The highest BCUT2D eigenvalue weighted by Crippen LogP contribution is 2.38. The molecule has 0 spiro atoms. The minimum absolute atomic E-state index is 0.00276. The minimum Gasteiger partial charge on any atom is -0.473 e. The van der Waals surface area contributed by atoms with Crippen molar-refractivity contribution in [2.24, 2.45) is 7.05 Å². The van der Waals surface area contributed by atoms with Crippen LogP contribution in [0, 0.1) is 0 Å². The number of hydrogen-bond acceptors (Lipinski definition) is 11. The van der Waals surface area contributed by atoms with Gasteiger partial charge in [0.15, 0.2) is 5.82 Å². The minimum atomic E-state index is -4.14. The topological polar surface area (TPSA) is 144 Å². The van der Waals surface area contributed by atoms with E-state index in [9.17, 15) is 13.2 Å². The summed E-state index contributed by atoms with van der Waals surface area (Å²) in [7, 11) is 1.71. The third-order valence-corrected chi connectivity index (χ3v) is 7.03. The predicted octanol–water partition coefficient (Wildman–Crippen LogP) is 4.99. The van der Waals surface area contributed by atoms with Gasteiger partial charge in [0.25, 0.3) is 16.0 Å². The zero-order chi connectivity index (χ0) is 32.9. The highest BCUT2D eigenvalue weighted by Gasteiger charge is 2.27. The highest BCUT2D eigenvalue weighted by atomic mass is 35.5. The van der Waals surface area contributed by atoms with Crippen LogP contribution < -0.4 is 20.4 Å². The summed E-state index contributed by atoms with van der Waals surface area (Å²) in [5.74, 6) is -0.370. The third kappa shape index (κ3) is 8.48. The quantitative estimate of drug-likeness (QED) is 0.108. The van der Waals surface area contributed by atoms with Crippen LogP contribution in [0.15, 0.2) is 55.4 Å². The average Bonchev–Trinajstić information content (AvgIpc) is 3.31. The van der Waals surface area contributed by atoms with Gasteiger partial charge in [-0.15, -0.1) is 4.28 Å². The van der Waals surface area contributed by atoms with Crippen LogP contribution in [0.25, 0.3) is 22.2 Å². The van der Waals surface area contributed by atoms with E-state index in [1.165, 1.54) is 12.3 Å². The van der Waals surface area contributed by atoms with E-state index in [4.69, 9.17) is 25.6 Å². The van der Waals surface area contributed by atoms with Crippen molar-refractivity contribution in [3.63, 3.8) is 0 Å². The van der Waals surface area contributed by atoms with Crippen LogP contribution >= 0.6 is 11.6 Å². The molecule has 0 atom stereocenters. The SMILES string of the molecule is C=CC(=O)N(OS(C)(=O)=O)c1cc(Nc2ncc(Cl)c(-c3cn(C)c4ccccc34)n2)c(OC(C)C)nc1NCCCN(C)C. The Hall–Kier alpha value is -4.24. The van der Waals surface area contributed by atoms with Gasteiger partial charge in [-0.05, 0) is 59.1 Å². The van der Waals surface area contributed by atoms with Crippen LogP contribution in [0.4, 0.5) is 23.1 Å². The van der Waals surface area contributed by atoms with Crippen LogP contribution in [0.2, 0.25) is 5.02 Å². The number of amides is 1. The molecule has 3 aromatic heterocycles. The Bertz CT molecular complexity index is 1810. The summed E-state index contributed by atoms with van der Waals surface area (Å²) < 4.78 is 37.5. The van der Waals surface area contributed by atoms with Gasteiger partial charge in [0.1, 0.15) is 11.4 Å². The smallest absolute Gasteiger partial charge is 0.285 e. The fraction of sp³-hybridized carbons (Fsp3) is 0.333. The average molecular weight is 657 g/mol. The first kappa shape index (κ1) is 33.6. The van der Waals surface area contributed by atoms with Crippen LogP contribution in [0.1, 0.15) is 20.3 Å². The number of fused-ring (bicyclic) bond motifs is 1. The Morgan fingerprint density at radius 1 is 1.22 bits per heavy atom. The van der Waals surface area contributed by atoms with Gasteiger partial charge in [0.2, 0.25) is 11.8 Å². The van der Waals surface area contributed by atoms with Gasteiger partial charge in [-0.3, -0.25) is 4.79 Å². The molecule has 4 aromatic rings. The maximum absolute atomic E-state index is 12.9. The Balaban J connectivity index is 1.84. The fourth-order valence-corrected chi connectivity index (χ4v) is 5.07. The number of nitrogens with zero attached hydrogens (tertiary/aromatic N) is 6. The number of aromatic nitrogens is 4. The Kier molecular flexibility index (Phi) is 10.7. The molecule has 0 aliphatic heterocycles. The summed E-state index contributed by atoms with van der Waals surface area (Å²) in [6, 6.07) is 9.35. The van der Waals surface area contributed by atoms with E-state index in [1.54, 1.807) is 0 Å². The molecule has 0 aliphatic carbocycles. The van der Waals surface area contributed by atoms with Crippen molar-refractivity contribution in [2.45, 2.75) is 26.4 Å². The lowest BCUT2D eigenvalue weighted by molar-refractivity contribution is -0.118. The molecule has 1 amide bonds. The first-order valence-electron chi connectivity index (χ1n) is 14.1. The van der Waals surface area contributed by atoms with Crippen LogP contribution in [-0.2, 0) is 26.2 Å². The number of aryl methyl sites for hydroxylation is 1. The van der Waals surface area contributed by atoms with E-state index < -0.39 is 16.0 Å². The number of ether oxygens (including phenoxy) is 1. The predicted molar refractivity (Wildman–Crippen MR) is 178 cm³/mol. The van der Waals surface area contributed by atoms with Crippen LogP contribution in [-0.4, -0.2) is 78.3 Å². The Morgan fingerprint density at radius 2 is 1.96 bits per heavy atom. The van der Waals surface area contributed by atoms with Crippen molar-refractivity contribution >= 4 is 61.7 Å². The molecule has 45 heavy (non-hydrogen) atoms. The molecule has 1 aromatic carbocycles. The lowest BCUT2D eigenvalue weighted by Crippen LogP contribution is -2.33. The zero-order valence-corrected chi connectivity index (χ0v) is 27.6. The third-order valence-electron chi connectivity index (χ3n) is 6.34. The molecule has 4 rings (SSSR count). The molecule has 0 saturated heterocycles.